The molecule has 16 heavy (non-hydrogen) atoms. The average Bonchev–Trinajstić information content (AvgIpc) is 2.82. The molecule has 2 heterocycles. The number of hydrogen-bond donors (Lipinski definition) is 1. The quantitative estimate of drug-likeness (QED) is 0.837. The monoisotopic (exact) mass is 224 g/mol. The summed E-state index contributed by atoms with van der Waals surface area (Å²) in [5, 5.41) is 7.45. The zero-order chi connectivity index (χ0) is 12.0. The van der Waals surface area contributed by atoms with E-state index in [1.807, 2.05) is 13.8 Å². The van der Waals surface area contributed by atoms with Crippen LogP contribution in [0.2, 0.25) is 0 Å². The van der Waals surface area contributed by atoms with Crippen LogP contribution < -0.4 is 5.32 Å². The van der Waals surface area contributed by atoms with Crippen LogP contribution in [0.4, 0.5) is 0 Å². The minimum Gasteiger partial charge on any atom is -0.361 e. The minimum absolute atomic E-state index is 0.467. The normalized spacial score (nSPS) is 17.1. The molecule has 1 fully saturated rings. The van der Waals surface area contributed by atoms with Crippen molar-refractivity contribution in [1.82, 2.24) is 10.5 Å². The van der Waals surface area contributed by atoms with Crippen LogP contribution in [-0.2, 0) is 0 Å². The highest BCUT2D eigenvalue weighted by molar-refractivity contribution is 5.13. The van der Waals surface area contributed by atoms with Gasteiger partial charge in [-0.1, -0.05) is 32.9 Å². The molecule has 0 bridgehead atoms. The van der Waals surface area contributed by atoms with E-state index >= 15 is 0 Å². The predicted molar refractivity (Wildman–Crippen MR) is 66.8 cm³/mol. The second-order valence-corrected chi connectivity index (χ2v) is 4.33. The molecule has 0 atom stereocenters. The van der Waals surface area contributed by atoms with Crippen molar-refractivity contribution < 1.29 is 4.52 Å². The van der Waals surface area contributed by atoms with E-state index in [9.17, 15) is 0 Å². The second kappa shape index (κ2) is 6.69. The van der Waals surface area contributed by atoms with Crippen molar-refractivity contribution in [3.63, 3.8) is 0 Å². The van der Waals surface area contributed by atoms with Crippen LogP contribution in [0.5, 0.6) is 0 Å². The molecule has 0 aromatic carbocycles. The van der Waals surface area contributed by atoms with Crippen LogP contribution in [0.25, 0.3) is 0 Å². The Morgan fingerprint density at radius 1 is 1.31 bits per heavy atom. The van der Waals surface area contributed by atoms with Gasteiger partial charge in [-0.3, -0.25) is 0 Å². The molecule has 3 nitrogen and oxygen atoms in total. The Balaban J connectivity index is 0.000000606. The van der Waals surface area contributed by atoms with E-state index < -0.39 is 0 Å². The molecule has 3 heteroatoms. The molecule has 0 spiro atoms. The third kappa shape index (κ3) is 3.34. The lowest BCUT2D eigenvalue weighted by Gasteiger charge is -2.19. The first kappa shape index (κ1) is 13.2. The van der Waals surface area contributed by atoms with Crippen LogP contribution in [0.3, 0.4) is 0 Å². The average molecular weight is 224 g/mol. The van der Waals surface area contributed by atoms with Crippen LogP contribution in [0.1, 0.15) is 63.8 Å². The van der Waals surface area contributed by atoms with Gasteiger partial charge in [0.25, 0.3) is 0 Å². The molecule has 92 valence electrons. The summed E-state index contributed by atoms with van der Waals surface area (Å²) in [6, 6.07) is 2.13. The zero-order valence-corrected chi connectivity index (χ0v) is 10.9. The first-order valence-electron chi connectivity index (χ1n) is 6.44. The maximum absolute atomic E-state index is 5.39. The molecule has 1 saturated heterocycles. The standard InChI is InChI=1S/C11H18N2O.C2H6/c1-8(2)10-7-11(14-13-10)9-3-5-12-6-4-9;1-2/h7-9,12H,3-6H2,1-2H3;1-2H3. The highest BCUT2D eigenvalue weighted by atomic mass is 16.5. The highest BCUT2D eigenvalue weighted by Crippen LogP contribution is 2.27. The van der Waals surface area contributed by atoms with Crippen LogP contribution in [-0.4, -0.2) is 18.2 Å². The van der Waals surface area contributed by atoms with Gasteiger partial charge >= 0.3 is 0 Å². The number of nitrogens with one attached hydrogen (secondary N) is 1. The molecule has 1 N–H and O–H groups in total. The van der Waals surface area contributed by atoms with Gasteiger partial charge in [-0.2, -0.15) is 0 Å². The Morgan fingerprint density at radius 2 is 1.94 bits per heavy atom. The van der Waals surface area contributed by atoms with Gasteiger partial charge in [0, 0.05) is 12.0 Å². The molecule has 2 rings (SSSR count). The molecule has 1 aliphatic rings. The van der Waals surface area contributed by atoms with Crippen molar-refractivity contribution in [2.24, 2.45) is 0 Å². The van der Waals surface area contributed by atoms with Crippen LogP contribution in [0, 0.1) is 0 Å². The van der Waals surface area contributed by atoms with E-state index in [1.54, 1.807) is 0 Å². The van der Waals surface area contributed by atoms with Gasteiger partial charge in [-0.05, 0) is 31.8 Å². The number of hydrogen-bond acceptors (Lipinski definition) is 3. The SMILES string of the molecule is CC.CC(C)c1cc(C2CCNCC2)on1. The van der Waals surface area contributed by atoms with Gasteiger partial charge in [-0.15, -0.1) is 0 Å². The maximum atomic E-state index is 5.39. The van der Waals surface area contributed by atoms with E-state index in [-0.39, 0.29) is 0 Å². The molecule has 0 unspecified atom stereocenters. The van der Waals surface area contributed by atoms with Gasteiger partial charge in [-0.25, -0.2) is 0 Å². The van der Waals surface area contributed by atoms with Crippen molar-refractivity contribution in [2.75, 3.05) is 13.1 Å². The summed E-state index contributed by atoms with van der Waals surface area (Å²) in [7, 11) is 0. The first-order valence-corrected chi connectivity index (χ1v) is 6.44. The van der Waals surface area contributed by atoms with Gasteiger partial charge in [0.1, 0.15) is 5.76 Å². The molecular weight excluding hydrogens is 200 g/mol. The molecular formula is C13H24N2O. The minimum atomic E-state index is 0.467. The Hall–Kier alpha value is -0.830. The van der Waals surface area contributed by atoms with Gasteiger partial charge < -0.3 is 9.84 Å². The van der Waals surface area contributed by atoms with Gasteiger partial charge in [0.05, 0.1) is 5.69 Å². The van der Waals surface area contributed by atoms with Crippen molar-refractivity contribution in [3.8, 4) is 0 Å². The lowest BCUT2D eigenvalue weighted by Crippen LogP contribution is -2.26. The Labute approximate surface area is 98.6 Å². The smallest absolute Gasteiger partial charge is 0.140 e. The largest absolute Gasteiger partial charge is 0.361 e. The topological polar surface area (TPSA) is 38.1 Å². The predicted octanol–water partition coefficient (Wildman–Crippen LogP) is 3.29. The lowest BCUT2D eigenvalue weighted by molar-refractivity contribution is 0.323. The third-order valence-electron chi connectivity index (χ3n) is 2.88. The summed E-state index contributed by atoms with van der Waals surface area (Å²) in [5.74, 6) is 2.13. The fourth-order valence-corrected chi connectivity index (χ4v) is 1.87. The Morgan fingerprint density at radius 3 is 2.44 bits per heavy atom. The first-order chi connectivity index (χ1) is 7.77. The molecule has 1 aromatic rings. The van der Waals surface area contributed by atoms with E-state index in [2.05, 4.69) is 30.4 Å². The summed E-state index contributed by atoms with van der Waals surface area (Å²) >= 11 is 0. The van der Waals surface area contributed by atoms with Crippen molar-refractivity contribution in [1.29, 1.82) is 0 Å². The van der Waals surface area contributed by atoms with Gasteiger partial charge in [0.15, 0.2) is 0 Å². The molecule has 0 amide bonds. The lowest BCUT2D eigenvalue weighted by atomic mass is 9.95. The Kier molecular flexibility index (Phi) is 5.53. The number of nitrogens with zero attached hydrogens (tertiary/aromatic N) is 1. The van der Waals surface area contributed by atoms with Crippen molar-refractivity contribution in [2.45, 2.75) is 52.4 Å². The van der Waals surface area contributed by atoms with E-state index in [4.69, 9.17) is 4.52 Å². The summed E-state index contributed by atoms with van der Waals surface area (Å²) in [4.78, 5) is 0. The fraction of sp³-hybridized carbons (Fsp3) is 0.769. The summed E-state index contributed by atoms with van der Waals surface area (Å²) < 4.78 is 5.39. The molecule has 0 aliphatic carbocycles. The second-order valence-electron chi connectivity index (χ2n) is 4.33. The van der Waals surface area contributed by atoms with Crippen molar-refractivity contribution in [3.05, 3.63) is 17.5 Å². The Bertz CT molecular complexity index is 288. The van der Waals surface area contributed by atoms with E-state index in [0.717, 1.165) is 24.5 Å². The van der Waals surface area contributed by atoms with E-state index in [0.29, 0.717) is 11.8 Å². The van der Waals surface area contributed by atoms with Crippen LogP contribution in [0.15, 0.2) is 10.6 Å². The van der Waals surface area contributed by atoms with Gasteiger partial charge in [0.2, 0.25) is 0 Å². The highest BCUT2D eigenvalue weighted by Gasteiger charge is 2.20. The van der Waals surface area contributed by atoms with E-state index in [1.165, 1.54) is 12.8 Å². The zero-order valence-electron chi connectivity index (χ0n) is 10.9. The summed E-state index contributed by atoms with van der Waals surface area (Å²) in [5.41, 5.74) is 1.08. The number of rotatable bonds is 2. The molecule has 0 saturated carbocycles. The summed E-state index contributed by atoms with van der Waals surface area (Å²) in [6.07, 6.45) is 2.35. The molecule has 1 aromatic heterocycles. The fourth-order valence-electron chi connectivity index (χ4n) is 1.87. The van der Waals surface area contributed by atoms with Crippen molar-refractivity contribution >= 4 is 0 Å². The summed E-state index contributed by atoms with van der Waals surface area (Å²) in [6.45, 7) is 10.5. The molecule has 0 radical (unpaired) electrons. The maximum Gasteiger partial charge on any atom is 0.140 e. The molecule has 1 aliphatic heterocycles. The number of aromatic nitrogens is 1. The third-order valence-corrected chi connectivity index (χ3v) is 2.88. The number of piperidine rings is 1. The van der Waals surface area contributed by atoms with Crippen LogP contribution >= 0.6 is 0 Å².